The first-order valence-corrected chi connectivity index (χ1v) is 7.03. The fourth-order valence-corrected chi connectivity index (χ4v) is 2.78. The van der Waals surface area contributed by atoms with Crippen LogP contribution in [0.1, 0.15) is 29.3 Å². The van der Waals surface area contributed by atoms with Crippen molar-refractivity contribution >= 4 is 11.8 Å². The highest BCUT2D eigenvalue weighted by Gasteiger charge is 2.39. The van der Waals surface area contributed by atoms with Gasteiger partial charge in [0.05, 0.1) is 5.41 Å². The lowest BCUT2D eigenvalue weighted by molar-refractivity contribution is -0.129. The van der Waals surface area contributed by atoms with Crippen LogP contribution in [-0.2, 0) is 11.3 Å². The van der Waals surface area contributed by atoms with E-state index < -0.39 is 0 Å². The zero-order valence-electron chi connectivity index (χ0n) is 12.5. The summed E-state index contributed by atoms with van der Waals surface area (Å²) in [6.07, 6.45) is 0.861. The van der Waals surface area contributed by atoms with E-state index in [-0.39, 0.29) is 17.2 Å². The molecule has 0 aliphatic carbocycles. The first-order chi connectivity index (χ1) is 9.98. The summed E-state index contributed by atoms with van der Waals surface area (Å²) in [5, 5.41) is 2.74. The Morgan fingerprint density at radius 3 is 2.57 bits per heavy atom. The highest BCUT2D eigenvalue weighted by molar-refractivity contribution is 5.93. The Morgan fingerprint density at radius 2 is 2.00 bits per heavy atom. The second kappa shape index (κ2) is 6.24. The Labute approximate surface area is 124 Å². The van der Waals surface area contributed by atoms with Crippen LogP contribution in [0.3, 0.4) is 0 Å². The van der Waals surface area contributed by atoms with Gasteiger partial charge in [-0.25, -0.2) is 5.84 Å². The summed E-state index contributed by atoms with van der Waals surface area (Å²) in [6, 6.07) is 7.34. The molecule has 114 valence electrons. The molecule has 0 spiro atoms. The molecule has 2 rings (SSSR count). The van der Waals surface area contributed by atoms with E-state index in [0.29, 0.717) is 5.56 Å². The maximum Gasteiger partial charge on any atom is 0.265 e. The van der Waals surface area contributed by atoms with Crippen LogP contribution in [0.4, 0.5) is 0 Å². The molecule has 1 aliphatic heterocycles. The second-order valence-electron chi connectivity index (χ2n) is 5.77. The van der Waals surface area contributed by atoms with Crippen molar-refractivity contribution in [2.75, 3.05) is 20.1 Å². The normalized spacial score (nSPS) is 22.0. The van der Waals surface area contributed by atoms with Crippen molar-refractivity contribution in [3.05, 3.63) is 35.4 Å². The van der Waals surface area contributed by atoms with Crippen LogP contribution in [0, 0.1) is 5.41 Å². The fraction of sp³-hybridized carbons (Fsp3) is 0.467. The third kappa shape index (κ3) is 3.40. The van der Waals surface area contributed by atoms with E-state index in [4.69, 9.17) is 5.84 Å². The topological polar surface area (TPSA) is 87.5 Å². The lowest BCUT2D eigenvalue weighted by Gasteiger charge is -2.22. The maximum absolute atomic E-state index is 11.9. The molecule has 0 saturated carbocycles. The van der Waals surface area contributed by atoms with E-state index in [1.807, 2.05) is 19.1 Å². The summed E-state index contributed by atoms with van der Waals surface area (Å²) in [7, 11) is 1.68. The number of benzene rings is 1. The average molecular weight is 290 g/mol. The molecule has 1 atom stereocenters. The monoisotopic (exact) mass is 290 g/mol. The number of nitrogen functional groups attached to an aromatic ring is 1. The number of hydrogen-bond acceptors (Lipinski definition) is 4. The van der Waals surface area contributed by atoms with Crippen LogP contribution < -0.4 is 16.6 Å². The number of carbonyl (C=O) groups excluding carboxylic acids is 2. The molecule has 0 aromatic heterocycles. The summed E-state index contributed by atoms with van der Waals surface area (Å²) in [5.74, 6) is 4.90. The minimum atomic E-state index is -0.311. The molecule has 1 aromatic carbocycles. The minimum absolute atomic E-state index is 0.0972. The Bertz CT molecular complexity index is 529. The van der Waals surface area contributed by atoms with E-state index in [1.54, 1.807) is 19.2 Å². The van der Waals surface area contributed by atoms with Gasteiger partial charge < -0.3 is 5.32 Å². The van der Waals surface area contributed by atoms with Gasteiger partial charge in [-0.2, -0.15) is 0 Å². The molecule has 1 aliphatic rings. The number of nitrogens with one attached hydrogen (secondary N) is 2. The smallest absolute Gasteiger partial charge is 0.265 e. The molecular weight excluding hydrogens is 268 g/mol. The average Bonchev–Trinajstić information content (AvgIpc) is 2.88. The Balaban J connectivity index is 1.97. The molecule has 1 aromatic rings. The van der Waals surface area contributed by atoms with Gasteiger partial charge in [0, 0.05) is 25.7 Å². The van der Waals surface area contributed by atoms with Gasteiger partial charge >= 0.3 is 0 Å². The predicted molar refractivity (Wildman–Crippen MR) is 80.2 cm³/mol. The molecule has 4 N–H and O–H groups in total. The van der Waals surface area contributed by atoms with E-state index in [9.17, 15) is 9.59 Å². The lowest BCUT2D eigenvalue weighted by Crippen LogP contribution is -2.39. The van der Waals surface area contributed by atoms with Crippen LogP contribution in [0.2, 0.25) is 0 Å². The predicted octanol–water partition coefficient (Wildman–Crippen LogP) is 0.248. The largest absolute Gasteiger partial charge is 0.359 e. The van der Waals surface area contributed by atoms with E-state index in [0.717, 1.165) is 31.6 Å². The lowest BCUT2D eigenvalue weighted by atomic mass is 9.89. The molecule has 1 heterocycles. The molecule has 1 fully saturated rings. The first-order valence-electron chi connectivity index (χ1n) is 7.03. The zero-order chi connectivity index (χ0) is 15.5. The first kappa shape index (κ1) is 15.5. The number of rotatable bonds is 4. The van der Waals surface area contributed by atoms with Crippen LogP contribution in [0.25, 0.3) is 0 Å². The summed E-state index contributed by atoms with van der Waals surface area (Å²) < 4.78 is 0. The van der Waals surface area contributed by atoms with Gasteiger partial charge in [0.25, 0.3) is 5.91 Å². The van der Waals surface area contributed by atoms with Crippen molar-refractivity contribution in [2.45, 2.75) is 19.9 Å². The van der Waals surface area contributed by atoms with Crippen LogP contribution in [0.15, 0.2) is 24.3 Å². The standard InChI is InChI=1S/C15H22N4O2/c1-15(14(21)17-2)7-8-19(10-15)9-11-3-5-12(6-4-11)13(20)18-16/h3-6H,7-10,16H2,1-2H3,(H,17,21)(H,18,20). The summed E-state index contributed by atoms with van der Waals surface area (Å²) >= 11 is 0. The third-order valence-electron chi connectivity index (χ3n) is 4.08. The van der Waals surface area contributed by atoms with Crippen LogP contribution in [0.5, 0.6) is 0 Å². The zero-order valence-corrected chi connectivity index (χ0v) is 12.5. The summed E-state index contributed by atoms with van der Waals surface area (Å²) in [6.45, 7) is 4.42. The van der Waals surface area contributed by atoms with Crippen molar-refractivity contribution in [2.24, 2.45) is 11.3 Å². The van der Waals surface area contributed by atoms with E-state index >= 15 is 0 Å². The van der Waals surface area contributed by atoms with Crippen LogP contribution in [-0.4, -0.2) is 36.9 Å². The molecular formula is C15H22N4O2. The molecule has 1 unspecified atom stereocenters. The van der Waals surface area contributed by atoms with Gasteiger partial charge in [-0.05, 0) is 37.6 Å². The summed E-state index contributed by atoms with van der Waals surface area (Å²) in [4.78, 5) is 25.5. The highest BCUT2D eigenvalue weighted by Crippen LogP contribution is 2.30. The number of carbonyl (C=O) groups is 2. The minimum Gasteiger partial charge on any atom is -0.359 e. The molecule has 0 radical (unpaired) electrons. The van der Waals surface area contributed by atoms with E-state index in [1.165, 1.54) is 0 Å². The molecule has 6 nitrogen and oxygen atoms in total. The van der Waals surface area contributed by atoms with E-state index in [2.05, 4.69) is 15.6 Å². The third-order valence-corrected chi connectivity index (χ3v) is 4.08. The number of hydrogen-bond donors (Lipinski definition) is 3. The van der Waals surface area contributed by atoms with Crippen molar-refractivity contribution < 1.29 is 9.59 Å². The second-order valence-corrected chi connectivity index (χ2v) is 5.77. The molecule has 21 heavy (non-hydrogen) atoms. The maximum atomic E-state index is 11.9. The molecule has 6 heteroatoms. The van der Waals surface area contributed by atoms with Gasteiger partial charge in [-0.15, -0.1) is 0 Å². The highest BCUT2D eigenvalue weighted by atomic mass is 16.2. The van der Waals surface area contributed by atoms with Crippen molar-refractivity contribution in [1.82, 2.24) is 15.6 Å². The Morgan fingerprint density at radius 1 is 1.33 bits per heavy atom. The SMILES string of the molecule is CNC(=O)C1(C)CCN(Cc2ccc(C(=O)NN)cc2)C1. The number of likely N-dealkylation sites (tertiary alicyclic amines) is 1. The van der Waals surface area contributed by atoms with Crippen LogP contribution >= 0.6 is 0 Å². The van der Waals surface area contributed by atoms with Crippen molar-refractivity contribution in [3.8, 4) is 0 Å². The van der Waals surface area contributed by atoms with Gasteiger partial charge in [0.1, 0.15) is 0 Å². The molecule has 1 saturated heterocycles. The van der Waals surface area contributed by atoms with Crippen molar-refractivity contribution in [3.63, 3.8) is 0 Å². The number of nitrogens with two attached hydrogens (primary N) is 1. The summed E-state index contributed by atoms with van der Waals surface area (Å²) in [5.41, 5.74) is 3.45. The van der Waals surface area contributed by atoms with Gasteiger partial charge in [0.15, 0.2) is 0 Å². The number of nitrogens with zero attached hydrogens (tertiary/aromatic N) is 1. The Kier molecular flexibility index (Phi) is 4.59. The molecule has 0 bridgehead atoms. The fourth-order valence-electron chi connectivity index (χ4n) is 2.78. The van der Waals surface area contributed by atoms with Gasteiger partial charge in [0.2, 0.25) is 5.91 Å². The quantitative estimate of drug-likeness (QED) is 0.421. The van der Waals surface area contributed by atoms with Crippen molar-refractivity contribution in [1.29, 1.82) is 0 Å². The van der Waals surface area contributed by atoms with Gasteiger partial charge in [-0.1, -0.05) is 12.1 Å². The number of amides is 2. The molecule has 2 amide bonds. The Hall–Kier alpha value is -1.92. The van der Waals surface area contributed by atoms with Gasteiger partial charge in [-0.3, -0.25) is 19.9 Å². The number of hydrazine groups is 1.